The number of ether oxygens (including phenoxy) is 3. The van der Waals surface area contributed by atoms with E-state index in [9.17, 15) is 0 Å². The van der Waals surface area contributed by atoms with Crippen molar-refractivity contribution < 1.29 is 14.2 Å². The fraction of sp³-hybridized carbons (Fsp3) is 0.438. The Morgan fingerprint density at radius 1 is 0.595 bits per heavy atom. The lowest BCUT2D eigenvalue weighted by atomic mass is 9.98. The summed E-state index contributed by atoms with van der Waals surface area (Å²) in [4.78, 5) is 4.66. The van der Waals surface area contributed by atoms with E-state index in [0.29, 0.717) is 19.8 Å². The van der Waals surface area contributed by atoms with Gasteiger partial charge in [0.2, 0.25) is 0 Å². The van der Waals surface area contributed by atoms with Gasteiger partial charge in [0.1, 0.15) is 17.6 Å². The van der Waals surface area contributed by atoms with Crippen molar-refractivity contribution in [3.8, 4) is 11.5 Å². The lowest BCUT2D eigenvalue weighted by Crippen LogP contribution is -2.22. The molecule has 200 valence electrons. The topological polar surface area (TPSA) is 34.2 Å². The minimum atomic E-state index is -0.347. The van der Waals surface area contributed by atoms with Crippen molar-refractivity contribution in [2.45, 2.75) is 54.3 Å². The normalized spacial score (nSPS) is 11.0. The number of hydrogen-bond acceptors (Lipinski definition) is 5. The molecular weight excluding hydrogens is 460 g/mol. The smallest absolute Gasteiger partial charge is 0.127 e. The minimum absolute atomic E-state index is 0.347. The van der Waals surface area contributed by atoms with Crippen LogP contribution in [0.15, 0.2) is 66.7 Å². The first-order chi connectivity index (χ1) is 18.1. The molecule has 0 saturated heterocycles. The van der Waals surface area contributed by atoms with E-state index in [-0.39, 0.29) is 6.10 Å². The van der Waals surface area contributed by atoms with E-state index >= 15 is 0 Å². The van der Waals surface area contributed by atoms with Gasteiger partial charge >= 0.3 is 0 Å². The highest BCUT2D eigenvalue weighted by molar-refractivity contribution is 5.59. The van der Waals surface area contributed by atoms with E-state index in [1.54, 1.807) is 0 Å². The van der Waals surface area contributed by atoms with Crippen LogP contribution in [0, 0.1) is 0 Å². The largest absolute Gasteiger partial charge is 0.493 e. The maximum Gasteiger partial charge on any atom is 0.127 e. The average Bonchev–Trinajstić information content (AvgIpc) is 2.93. The second kappa shape index (κ2) is 14.5. The Labute approximate surface area is 224 Å². The summed E-state index contributed by atoms with van der Waals surface area (Å²) in [5.74, 6) is 1.69. The van der Waals surface area contributed by atoms with Crippen LogP contribution in [-0.4, -0.2) is 39.4 Å². The highest BCUT2D eigenvalue weighted by Crippen LogP contribution is 2.41. The van der Waals surface area contributed by atoms with Crippen LogP contribution in [0.3, 0.4) is 0 Å². The zero-order chi connectivity index (χ0) is 26.6. The lowest BCUT2D eigenvalue weighted by Gasteiger charge is -2.28. The van der Waals surface area contributed by atoms with Crippen LogP contribution in [0.25, 0.3) is 0 Å². The van der Waals surface area contributed by atoms with Crippen LogP contribution in [0.2, 0.25) is 0 Å². The van der Waals surface area contributed by atoms with E-state index in [0.717, 1.165) is 65.7 Å². The molecule has 0 amide bonds. The summed E-state index contributed by atoms with van der Waals surface area (Å²) in [5.41, 5.74) is 5.44. The first-order valence-electron chi connectivity index (χ1n) is 13.8. The molecule has 0 heterocycles. The predicted octanol–water partition coefficient (Wildman–Crippen LogP) is 7.48. The number of hydrogen-bond donors (Lipinski definition) is 0. The SMILES string of the molecule is CCOc1cc(N(CC)CC)ccc1C(OCc1ccccc1)c1ccc(N(CC)CC)cc1OCC. The Morgan fingerprint density at radius 2 is 1.05 bits per heavy atom. The molecule has 0 aliphatic rings. The van der Waals surface area contributed by atoms with Gasteiger partial charge in [-0.1, -0.05) is 42.5 Å². The summed E-state index contributed by atoms with van der Waals surface area (Å²) in [5, 5.41) is 0. The number of rotatable bonds is 15. The van der Waals surface area contributed by atoms with E-state index in [1.807, 2.05) is 32.0 Å². The van der Waals surface area contributed by atoms with Gasteiger partial charge in [-0.3, -0.25) is 0 Å². The molecule has 0 fully saturated rings. The van der Waals surface area contributed by atoms with Gasteiger partial charge < -0.3 is 24.0 Å². The second-order valence-electron chi connectivity index (χ2n) is 8.83. The van der Waals surface area contributed by atoms with Crippen molar-refractivity contribution in [2.24, 2.45) is 0 Å². The van der Waals surface area contributed by atoms with Crippen molar-refractivity contribution in [3.63, 3.8) is 0 Å². The molecule has 0 radical (unpaired) electrons. The summed E-state index contributed by atoms with van der Waals surface area (Å²) in [6.45, 7) is 18.2. The molecule has 0 saturated carbocycles. The highest BCUT2D eigenvalue weighted by atomic mass is 16.5. The molecule has 0 aromatic heterocycles. The Bertz CT molecular complexity index is 1010. The zero-order valence-corrected chi connectivity index (χ0v) is 23.5. The molecule has 37 heavy (non-hydrogen) atoms. The van der Waals surface area contributed by atoms with Gasteiger partial charge in [0, 0.05) is 60.8 Å². The summed E-state index contributed by atoms with van der Waals surface area (Å²) < 4.78 is 19.1. The molecule has 0 bridgehead atoms. The molecule has 3 rings (SSSR count). The number of benzene rings is 3. The van der Waals surface area contributed by atoms with E-state index in [4.69, 9.17) is 14.2 Å². The molecule has 0 unspecified atom stereocenters. The van der Waals surface area contributed by atoms with Crippen molar-refractivity contribution in [3.05, 3.63) is 83.4 Å². The molecule has 0 atom stereocenters. The summed E-state index contributed by atoms with van der Waals surface area (Å²) in [6, 6.07) is 23.3. The Hall–Kier alpha value is -3.18. The third-order valence-corrected chi connectivity index (χ3v) is 6.68. The lowest BCUT2D eigenvalue weighted by molar-refractivity contribution is 0.0627. The van der Waals surface area contributed by atoms with Crippen molar-refractivity contribution in [1.82, 2.24) is 0 Å². The van der Waals surface area contributed by atoms with Gasteiger partial charge in [-0.05, 0) is 59.2 Å². The summed E-state index contributed by atoms with van der Waals surface area (Å²) >= 11 is 0. The molecule has 0 N–H and O–H groups in total. The first-order valence-corrected chi connectivity index (χ1v) is 13.8. The maximum atomic E-state index is 6.69. The third kappa shape index (κ3) is 7.20. The Balaban J connectivity index is 2.13. The van der Waals surface area contributed by atoms with Gasteiger partial charge in [0.25, 0.3) is 0 Å². The molecule has 3 aromatic rings. The third-order valence-electron chi connectivity index (χ3n) is 6.68. The second-order valence-corrected chi connectivity index (χ2v) is 8.83. The quantitative estimate of drug-likeness (QED) is 0.214. The average molecular weight is 505 g/mol. The molecule has 5 heteroatoms. The van der Waals surface area contributed by atoms with Gasteiger partial charge in [0.05, 0.1) is 19.8 Å². The summed E-state index contributed by atoms with van der Waals surface area (Å²) in [7, 11) is 0. The molecule has 5 nitrogen and oxygen atoms in total. The fourth-order valence-electron chi connectivity index (χ4n) is 4.71. The zero-order valence-electron chi connectivity index (χ0n) is 23.5. The van der Waals surface area contributed by atoms with Gasteiger partial charge in [-0.15, -0.1) is 0 Å². The van der Waals surface area contributed by atoms with Crippen LogP contribution in [0.1, 0.15) is 64.3 Å². The maximum absolute atomic E-state index is 6.69. The van der Waals surface area contributed by atoms with Gasteiger partial charge in [-0.2, -0.15) is 0 Å². The van der Waals surface area contributed by atoms with Crippen LogP contribution in [-0.2, 0) is 11.3 Å². The van der Waals surface area contributed by atoms with Gasteiger partial charge in [-0.25, -0.2) is 0 Å². The van der Waals surface area contributed by atoms with Crippen molar-refractivity contribution >= 4 is 11.4 Å². The molecule has 0 aliphatic heterocycles. The van der Waals surface area contributed by atoms with Crippen LogP contribution in [0.5, 0.6) is 11.5 Å². The van der Waals surface area contributed by atoms with Crippen LogP contribution in [0.4, 0.5) is 11.4 Å². The molecule has 3 aromatic carbocycles. The van der Waals surface area contributed by atoms with E-state index < -0.39 is 0 Å². The van der Waals surface area contributed by atoms with E-state index in [2.05, 4.69) is 86.0 Å². The summed E-state index contributed by atoms with van der Waals surface area (Å²) in [6.07, 6.45) is -0.347. The standard InChI is InChI=1S/C32H44N2O3/c1-7-33(8-2)26-18-20-28(30(22-26)35-11-5)32(37-24-25-16-14-13-15-17-25)29-21-19-27(34(9-3)10-4)23-31(29)36-12-6/h13-23,32H,7-12,24H2,1-6H3. The van der Waals surface area contributed by atoms with Crippen molar-refractivity contribution in [1.29, 1.82) is 0 Å². The minimum Gasteiger partial charge on any atom is -0.493 e. The first kappa shape index (κ1) is 28.4. The Kier molecular flexibility index (Phi) is 11.2. The monoisotopic (exact) mass is 504 g/mol. The van der Waals surface area contributed by atoms with Crippen molar-refractivity contribution in [2.75, 3.05) is 49.2 Å². The van der Waals surface area contributed by atoms with Gasteiger partial charge in [0.15, 0.2) is 0 Å². The molecular formula is C32H44N2O3. The van der Waals surface area contributed by atoms with Crippen LogP contribution < -0.4 is 19.3 Å². The fourth-order valence-corrected chi connectivity index (χ4v) is 4.71. The Morgan fingerprint density at radius 3 is 1.46 bits per heavy atom. The predicted molar refractivity (Wildman–Crippen MR) is 155 cm³/mol. The number of anilines is 2. The number of nitrogens with zero attached hydrogens (tertiary/aromatic N) is 2. The van der Waals surface area contributed by atoms with E-state index in [1.165, 1.54) is 0 Å². The van der Waals surface area contributed by atoms with Crippen LogP contribution >= 0.6 is 0 Å². The highest BCUT2D eigenvalue weighted by Gasteiger charge is 2.25. The molecule has 0 spiro atoms. The molecule has 0 aliphatic carbocycles.